The number of amides is 2. The van der Waals surface area contributed by atoms with E-state index in [1.807, 2.05) is 60.5 Å². The van der Waals surface area contributed by atoms with Crippen molar-refractivity contribution in [2.24, 2.45) is 10.2 Å². The number of para-hydroxylation sites is 1. The highest BCUT2D eigenvalue weighted by Gasteiger charge is 2.32. The first-order chi connectivity index (χ1) is 15.0. The third-order valence-electron chi connectivity index (χ3n) is 4.67. The van der Waals surface area contributed by atoms with Crippen molar-refractivity contribution in [3.05, 3.63) is 48.5 Å². The molecule has 0 spiro atoms. The smallest absolute Gasteiger partial charge is 0.334 e. The number of fused-ring (bicyclic) bond motifs is 1. The van der Waals surface area contributed by atoms with E-state index >= 15 is 0 Å². The van der Waals surface area contributed by atoms with Crippen LogP contribution in [0.15, 0.2) is 58.8 Å². The van der Waals surface area contributed by atoms with Crippen LogP contribution in [0.2, 0.25) is 0 Å². The lowest BCUT2D eigenvalue weighted by atomic mass is 10.2. The maximum Gasteiger partial charge on any atom is 0.334 e. The van der Waals surface area contributed by atoms with Crippen molar-refractivity contribution < 1.29 is 19.2 Å². The molecule has 10 heteroatoms. The molecule has 1 fully saturated rings. The molecule has 0 radical (unpaired) electrons. The minimum Gasteiger partial charge on any atom is -0.374 e. The number of anilines is 1. The first-order valence-corrected chi connectivity index (χ1v) is 10.5. The third-order valence-corrected chi connectivity index (χ3v) is 5.59. The Balaban J connectivity index is 1.30. The van der Waals surface area contributed by atoms with Crippen LogP contribution in [0.1, 0.15) is 19.3 Å². The average Bonchev–Trinajstić information content (AvgIpc) is 3.34. The Labute approximate surface area is 181 Å². The van der Waals surface area contributed by atoms with Crippen molar-refractivity contribution >= 4 is 55.8 Å². The van der Waals surface area contributed by atoms with Crippen LogP contribution < -0.4 is 4.90 Å². The fraction of sp³-hybridized carbons (Fsp3) is 0.238. The minimum absolute atomic E-state index is 0.0344. The first-order valence-electron chi connectivity index (χ1n) is 9.65. The van der Waals surface area contributed by atoms with Gasteiger partial charge in [0.15, 0.2) is 0 Å². The zero-order valence-electron chi connectivity index (χ0n) is 16.7. The topological polar surface area (TPSA) is 105 Å². The summed E-state index contributed by atoms with van der Waals surface area (Å²) >= 11 is 1.48. The standard InChI is InChI=1S/C21H19N5O4S/c1-25(13-12-20(29)30-26-18(27)10-11-19(26)28)15-8-6-14(7-9-15)23-24-21-22-16-4-2-3-5-17(16)31-21/h2-9H,10-13H2,1H3. The Morgan fingerprint density at radius 2 is 1.81 bits per heavy atom. The number of azo groups is 1. The molecule has 31 heavy (non-hydrogen) atoms. The third kappa shape index (κ3) is 4.92. The van der Waals surface area contributed by atoms with E-state index in [1.165, 1.54) is 11.3 Å². The van der Waals surface area contributed by atoms with E-state index in [0.717, 1.165) is 15.9 Å². The highest BCUT2D eigenvalue weighted by Crippen LogP contribution is 2.29. The van der Waals surface area contributed by atoms with Gasteiger partial charge in [0, 0.05) is 32.1 Å². The summed E-state index contributed by atoms with van der Waals surface area (Å²) in [6, 6.07) is 15.2. The van der Waals surface area contributed by atoms with Gasteiger partial charge in [-0.2, -0.15) is 0 Å². The predicted molar refractivity (Wildman–Crippen MR) is 115 cm³/mol. The first kappa shape index (κ1) is 20.6. The molecular formula is C21H19N5O4S. The van der Waals surface area contributed by atoms with Crippen molar-refractivity contribution in [3.8, 4) is 0 Å². The van der Waals surface area contributed by atoms with Crippen molar-refractivity contribution in [2.75, 3.05) is 18.5 Å². The Morgan fingerprint density at radius 3 is 2.52 bits per heavy atom. The molecule has 1 saturated heterocycles. The molecule has 1 aromatic heterocycles. The lowest BCUT2D eigenvalue weighted by molar-refractivity contribution is -0.197. The van der Waals surface area contributed by atoms with E-state index in [2.05, 4.69) is 15.2 Å². The van der Waals surface area contributed by atoms with Gasteiger partial charge in [-0.05, 0) is 36.4 Å². The second kappa shape index (κ2) is 9.00. The number of thiazole rings is 1. The summed E-state index contributed by atoms with van der Waals surface area (Å²) in [6.45, 7) is 0.363. The Hall–Kier alpha value is -3.66. The molecule has 0 unspecified atom stereocenters. The number of nitrogens with zero attached hydrogens (tertiary/aromatic N) is 5. The second-order valence-electron chi connectivity index (χ2n) is 6.90. The number of hydroxylamine groups is 2. The van der Waals surface area contributed by atoms with Crippen molar-refractivity contribution in [2.45, 2.75) is 19.3 Å². The van der Waals surface area contributed by atoms with E-state index in [0.29, 0.717) is 22.4 Å². The Bertz CT molecular complexity index is 1110. The number of aromatic nitrogens is 1. The molecule has 1 aliphatic rings. The normalized spacial score (nSPS) is 14.0. The number of hydrogen-bond donors (Lipinski definition) is 0. The molecule has 0 bridgehead atoms. The van der Waals surface area contributed by atoms with Gasteiger partial charge in [-0.15, -0.1) is 15.3 Å². The Kier molecular flexibility index (Phi) is 5.99. The summed E-state index contributed by atoms with van der Waals surface area (Å²) in [5.74, 6) is -1.60. The molecule has 2 aromatic carbocycles. The van der Waals surface area contributed by atoms with E-state index in [4.69, 9.17) is 4.84 Å². The molecule has 4 rings (SSSR count). The Morgan fingerprint density at radius 1 is 1.10 bits per heavy atom. The highest BCUT2D eigenvalue weighted by molar-refractivity contribution is 7.21. The minimum atomic E-state index is -0.628. The summed E-state index contributed by atoms with van der Waals surface area (Å²) < 4.78 is 1.06. The molecule has 0 saturated carbocycles. The van der Waals surface area contributed by atoms with Gasteiger partial charge < -0.3 is 9.74 Å². The fourth-order valence-electron chi connectivity index (χ4n) is 2.97. The lowest BCUT2D eigenvalue weighted by Crippen LogP contribution is -2.33. The molecular weight excluding hydrogens is 418 g/mol. The van der Waals surface area contributed by atoms with Gasteiger partial charge in [-0.3, -0.25) is 9.59 Å². The fourth-order valence-corrected chi connectivity index (χ4v) is 3.76. The van der Waals surface area contributed by atoms with Crippen LogP contribution in [0.3, 0.4) is 0 Å². The van der Waals surface area contributed by atoms with Crippen LogP contribution in [0, 0.1) is 0 Å². The average molecular weight is 437 g/mol. The zero-order valence-corrected chi connectivity index (χ0v) is 17.5. The molecule has 158 valence electrons. The molecule has 0 atom stereocenters. The van der Waals surface area contributed by atoms with E-state index in [-0.39, 0.29) is 19.3 Å². The summed E-state index contributed by atoms with van der Waals surface area (Å²) in [7, 11) is 1.83. The summed E-state index contributed by atoms with van der Waals surface area (Å²) in [5.41, 5.74) is 2.46. The van der Waals surface area contributed by atoms with Gasteiger partial charge in [0.2, 0.25) is 5.13 Å². The van der Waals surface area contributed by atoms with Gasteiger partial charge in [0.1, 0.15) is 0 Å². The zero-order chi connectivity index (χ0) is 21.8. The largest absolute Gasteiger partial charge is 0.374 e. The predicted octanol–water partition coefficient (Wildman–Crippen LogP) is 4.15. The van der Waals surface area contributed by atoms with Gasteiger partial charge in [0.05, 0.1) is 22.3 Å². The second-order valence-corrected chi connectivity index (χ2v) is 7.91. The van der Waals surface area contributed by atoms with Crippen LogP contribution in [0.5, 0.6) is 0 Å². The number of rotatable bonds is 7. The summed E-state index contributed by atoms with van der Waals surface area (Å²) in [6.07, 6.45) is 0.190. The van der Waals surface area contributed by atoms with Crippen LogP contribution in [-0.2, 0) is 19.2 Å². The summed E-state index contributed by atoms with van der Waals surface area (Å²) in [4.78, 5) is 46.1. The number of carbonyl (C=O) groups excluding carboxylic acids is 3. The van der Waals surface area contributed by atoms with Gasteiger partial charge in [-0.25, -0.2) is 9.78 Å². The number of carbonyl (C=O) groups is 3. The molecule has 0 aliphatic carbocycles. The maximum absolute atomic E-state index is 11.9. The molecule has 3 aromatic rings. The van der Waals surface area contributed by atoms with Crippen molar-refractivity contribution in [1.29, 1.82) is 0 Å². The van der Waals surface area contributed by atoms with Crippen LogP contribution in [-0.4, -0.2) is 41.4 Å². The van der Waals surface area contributed by atoms with Crippen LogP contribution in [0.25, 0.3) is 10.2 Å². The summed E-state index contributed by atoms with van der Waals surface area (Å²) in [5, 5.41) is 9.59. The number of imide groups is 1. The van der Waals surface area contributed by atoms with Gasteiger partial charge in [0.25, 0.3) is 11.8 Å². The molecule has 2 heterocycles. The highest BCUT2D eigenvalue weighted by atomic mass is 32.1. The van der Waals surface area contributed by atoms with Crippen LogP contribution >= 0.6 is 11.3 Å². The molecule has 0 N–H and O–H groups in total. The molecule has 2 amide bonds. The van der Waals surface area contributed by atoms with E-state index in [1.54, 1.807) is 0 Å². The SMILES string of the molecule is CN(CCC(=O)ON1C(=O)CCC1=O)c1ccc(N=Nc2nc3ccccc3s2)cc1. The van der Waals surface area contributed by atoms with Gasteiger partial charge in [-0.1, -0.05) is 23.5 Å². The van der Waals surface area contributed by atoms with Crippen molar-refractivity contribution in [1.82, 2.24) is 10.0 Å². The van der Waals surface area contributed by atoms with Crippen molar-refractivity contribution in [3.63, 3.8) is 0 Å². The van der Waals surface area contributed by atoms with Crippen LogP contribution in [0.4, 0.5) is 16.5 Å². The maximum atomic E-state index is 11.9. The van der Waals surface area contributed by atoms with E-state index < -0.39 is 17.8 Å². The van der Waals surface area contributed by atoms with E-state index in [9.17, 15) is 14.4 Å². The number of benzene rings is 2. The quantitative estimate of drug-likeness (QED) is 0.406. The lowest BCUT2D eigenvalue weighted by Gasteiger charge is -2.19. The van der Waals surface area contributed by atoms with Gasteiger partial charge >= 0.3 is 5.97 Å². The molecule has 9 nitrogen and oxygen atoms in total. The monoisotopic (exact) mass is 437 g/mol. The number of hydrogen-bond acceptors (Lipinski definition) is 9. The molecule has 1 aliphatic heterocycles.